The molecule has 0 saturated carbocycles. The van der Waals surface area contributed by atoms with Crippen LogP contribution in [0, 0.1) is 5.92 Å². The monoisotopic (exact) mass is 653 g/mol. The molecule has 0 aliphatic rings. The van der Waals surface area contributed by atoms with E-state index in [0.717, 1.165) is 16.6 Å². The highest BCUT2D eigenvalue weighted by Gasteiger charge is 2.35. The van der Waals surface area contributed by atoms with E-state index in [-0.39, 0.29) is 23.0 Å². The fourth-order valence-corrected chi connectivity index (χ4v) is 5.83. The van der Waals surface area contributed by atoms with Crippen LogP contribution >= 0.6 is 15.9 Å². The molecule has 3 aromatic carbocycles. The molecule has 7 nitrogen and oxygen atoms in total. The quantitative estimate of drug-likeness (QED) is 0.281. The first-order valence-corrected chi connectivity index (χ1v) is 15.0. The maximum atomic E-state index is 13.9. The lowest BCUT2D eigenvalue weighted by molar-refractivity contribution is -0.139. The van der Waals surface area contributed by atoms with E-state index < -0.39 is 46.2 Å². The smallest absolute Gasteiger partial charge is 0.354 e. The molecule has 0 heterocycles. The summed E-state index contributed by atoms with van der Waals surface area (Å²) in [6.45, 7) is 4.82. The predicted octanol–water partition coefficient (Wildman–Crippen LogP) is 5.85. The minimum atomic E-state index is -4.74. The van der Waals surface area contributed by atoms with Gasteiger partial charge in [-0.05, 0) is 60.9 Å². The number of hydrogen-bond acceptors (Lipinski definition) is 4. The van der Waals surface area contributed by atoms with Crippen LogP contribution in [0.15, 0.2) is 88.2 Å². The standard InChI is InChI=1S/C29H31BrF3N3O4S/c1-20(2)17-34-28(38)21(3)35(18-22-9-7-11-24(30)15-22)27(37)19-36(41(39,40)26-13-5-4-6-14-26)25-12-8-10-23(16-25)29(31,32)33/h4-16,20-21H,17-19H2,1-3H3,(H,34,38). The van der Waals surface area contributed by atoms with Crippen LogP contribution in [0.5, 0.6) is 0 Å². The summed E-state index contributed by atoms with van der Waals surface area (Å²) in [5.41, 5.74) is -0.743. The molecule has 0 spiro atoms. The van der Waals surface area contributed by atoms with Crippen LogP contribution in [0.25, 0.3) is 0 Å². The first-order valence-electron chi connectivity index (χ1n) is 12.8. The number of hydrogen-bond donors (Lipinski definition) is 1. The van der Waals surface area contributed by atoms with E-state index in [1.165, 1.54) is 42.2 Å². The summed E-state index contributed by atoms with van der Waals surface area (Å²) < 4.78 is 69.5. The Hall–Kier alpha value is -3.38. The zero-order valence-corrected chi connectivity index (χ0v) is 25.1. The normalized spacial score (nSPS) is 12.6. The van der Waals surface area contributed by atoms with Gasteiger partial charge in [-0.15, -0.1) is 0 Å². The number of carbonyl (C=O) groups is 2. The fraction of sp³-hybridized carbons (Fsp3) is 0.310. The highest BCUT2D eigenvalue weighted by atomic mass is 79.9. The van der Waals surface area contributed by atoms with Crippen molar-refractivity contribution in [2.75, 3.05) is 17.4 Å². The molecule has 0 fully saturated rings. The van der Waals surface area contributed by atoms with Gasteiger partial charge in [0.25, 0.3) is 10.0 Å². The van der Waals surface area contributed by atoms with Gasteiger partial charge in [0.1, 0.15) is 12.6 Å². The second kappa shape index (κ2) is 13.5. The molecular formula is C29H31BrF3N3O4S. The Balaban J connectivity index is 2.06. The molecule has 1 atom stereocenters. The molecule has 1 N–H and O–H groups in total. The van der Waals surface area contributed by atoms with Gasteiger partial charge < -0.3 is 10.2 Å². The fourth-order valence-electron chi connectivity index (χ4n) is 3.95. The number of nitrogens with one attached hydrogen (secondary N) is 1. The van der Waals surface area contributed by atoms with Crippen LogP contribution in [0.2, 0.25) is 0 Å². The molecule has 41 heavy (non-hydrogen) atoms. The van der Waals surface area contributed by atoms with Crippen molar-refractivity contribution in [2.45, 2.75) is 44.4 Å². The van der Waals surface area contributed by atoms with Gasteiger partial charge in [0.05, 0.1) is 16.1 Å². The van der Waals surface area contributed by atoms with E-state index in [1.54, 1.807) is 30.3 Å². The van der Waals surface area contributed by atoms with E-state index in [0.29, 0.717) is 22.5 Å². The van der Waals surface area contributed by atoms with Crippen LogP contribution in [-0.2, 0) is 32.3 Å². The minimum Gasteiger partial charge on any atom is -0.354 e. The number of halogens is 4. The number of carbonyl (C=O) groups excluding carboxylic acids is 2. The number of benzene rings is 3. The average molecular weight is 655 g/mol. The average Bonchev–Trinajstić information content (AvgIpc) is 2.92. The van der Waals surface area contributed by atoms with Crippen LogP contribution < -0.4 is 9.62 Å². The molecule has 0 saturated heterocycles. The lowest BCUT2D eigenvalue weighted by Crippen LogP contribution is -2.51. The highest BCUT2D eigenvalue weighted by molar-refractivity contribution is 9.10. The van der Waals surface area contributed by atoms with Gasteiger partial charge in [-0.25, -0.2) is 8.42 Å². The zero-order chi connectivity index (χ0) is 30.4. The molecule has 220 valence electrons. The van der Waals surface area contributed by atoms with Gasteiger partial charge in [-0.2, -0.15) is 13.2 Å². The van der Waals surface area contributed by atoms with Crippen molar-refractivity contribution in [1.29, 1.82) is 0 Å². The molecule has 0 aliphatic heterocycles. The molecule has 3 aromatic rings. The number of rotatable bonds is 11. The van der Waals surface area contributed by atoms with Gasteiger partial charge in [0, 0.05) is 17.6 Å². The van der Waals surface area contributed by atoms with Crippen LogP contribution in [0.3, 0.4) is 0 Å². The molecule has 0 aromatic heterocycles. The lowest BCUT2D eigenvalue weighted by atomic mass is 10.1. The van der Waals surface area contributed by atoms with E-state index in [1.807, 2.05) is 13.8 Å². The summed E-state index contributed by atoms with van der Waals surface area (Å²) >= 11 is 3.38. The van der Waals surface area contributed by atoms with Crippen molar-refractivity contribution in [1.82, 2.24) is 10.2 Å². The number of amides is 2. The Kier molecular flexibility index (Phi) is 10.6. The number of sulfonamides is 1. The highest BCUT2D eigenvalue weighted by Crippen LogP contribution is 2.33. The Morgan fingerprint density at radius 2 is 1.59 bits per heavy atom. The van der Waals surface area contributed by atoms with Crippen molar-refractivity contribution in [3.63, 3.8) is 0 Å². The lowest BCUT2D eigenvalue weighted by Gasteiger charge is -2.32. The summed E-state index contributed by atoms with van der Waals surface area (Å²) in [4.78, 5) is 27.9. The maximum Gasteiger partial charge on any atom is 0.416 e. The second-order valence-corrected chi connectivity index (χ2v) is 12.6. The third-order valence-corrected chi connectivity index (χ3v) is 8.45. The second-order valence-electron chi connectivity index (χ2n) is 9.84. The summed E-state index contributed by atoms with van der Waals surface area (Å²) in [6.07, 6.45) is -4.74. The molecule has 12 heteroatoms. The van der Waals surface area contributed by atoms with Gasteiger partial charge >= 0.3 is 6.18 Å². The molecule has 0 aliphatic carbocycles. The molecule has 0 radical (unpaired) electrons. The maximum absolute atomic E-state index is 13.9. The van der Waals surface area contributed by atoms with Gasteiger partial charge in [-0.1, -0.05) is 66.2 Å². The van der Waals surface area contributed by atoms with Crippen molar-refractivity contribution in [2.24, 2.45) is 5.92 Å². The summed E-state index contributed by atoms with van der Waals surface area (Å²) in [5, 5.41) is 2.78. The zero-order valence-electron chi connectivity index (χ0n) is 22.7. The molecular weight excluding hydrogens is 623 g/mol. The SMILES string of the molecule is CC(C)CNC(=O)C(C)N(Cc1cccc(Br)c1)C(=O)CN(c1cccc(C(F)(F)F)c1)S(=O)(=O)c1ccccc1. The Labute approximate surface area is 246 Å². The first kappa shape index (κ1) is 32.1. The van der Waals surface area contributed by atoms with Crippen LogP contribution in [0.1, 0.15) is 31.9 Å². The summed E-state index contributed by atoms with van der Waals surface area (Å²) in [6, 6.07) is 16.9. The van der Waals surface area contributed by atoms with Gasteiger partial charge in [0.2, 0.25) is 11.8 Å². The number of alkyl halides is 3. The van der Waals surface area contributed by atoms with E-state index >= 15 is 0 Å². The number of anilines is 1. The Morgan fingerprint density at radius 3 is 2.20 bits per heavy atom. The van der Waals surface area contributed by atoms with E-state index in [2.05, 4.69) is 21.2 Å². The molecule has 2 amide bonds. The van der Waals surface area contributed by atoms with Crippen molar-refractivity contribution >= 4 is 43.5 Å². The first-order chi connectivity index (χ1) is 19.2. The predicted molar refractivity (Wildman–Crippen MR) is 154 cm³/mol. The molecule has 3 rings (SSSR count). The van der Waals surface area contributed by atoms with Gasteiger partial charge in [-0.3, -0.25) is 13.9 Å². The largest absolute Gasteiger partial charge is 0.416 e. The third kappa shape index (κ3) is 8.56. The third-order valence-electron chi connectivity index (χ3n) is 6.17. The minimum absolute atomic E-state index is 0.0453. The number of nitrogens with zero attached hydrogens (tertiary/aromatic N) is 2. The van der Waals surface area contributed by atoms with Crippen molar-refractivity contribution in [3.05, 3.63) is 94.5 Å². The summed E-state index contributed by atoms with van der Waals surface area (Å²) in [5.74, 6) is -1.07. The van der Waals surface area contributed by atoms with Crippen LogP contribution in [0.4, 0.5) is 18.9 Å². The molecule has 0 bridgehead atoms. The van der Waals surface area contributed by atoms with Gasteiger partial charge in [0.15, 0.2) is 0 Å². The molecule has 1 unspecified atom stereocenters. The topological polar surface area (TPSA) is 86.8 Å². The van der Waals surface area contributed by atoms with E-state index in [9.17, 15) is 31.2 Å². The Bertz CT molecular complexity index is 1470. The Morgan fingerprint density at radius 1 is 0.927 bits per heavy atom. The van der Waals surface area contributed by atoms with Crippen molar-refractivity contribution < 1.29 is 31.2 Å². The van der Waals surface area contributed by atoms with Crippen LogP contribution in [-0.4, -0.2) is 44.3 Å². The summed E-state index contributed by atoms with van der Waals surface area (Å²) in [7, 11) is -4.48. The van der Waals surface area contributed by atoms with E-state index in [4.69, 9.17) is 0 Å². The van der Waals surface area contributed by atoms with Crippen molar-refractivity contribution in [3.8, 4) is 0 Å².